The van der Waals surface area contributed by atoms with Crippen LogP contribution >= 0.6 is 11.3 Å². The Kier molecular flexibility index (Phi) is 4.63. The first-order chi connectivity index (χ1) is 11.3. The zero-order valence-electron chi connectivity index (χ0n) is 12.5. The summed E-state index contributed by atoms with van der Waals surface area (Å²) in [6.07, 6.45) is 0. The SMILES string of the molecule is CCOc1ccccc1C(=O)Nc1nnc(-c2ccccc2)s1. The Bertz CT molecular complexity index is 802. The third kappa shape index (κ3) is 3.54. The molecule has 3 rings (SSSR count). The molecule has 0 aliphatic heterocycles. The Morgan fingerprint density at radius 2 is 1.83 bits per heavy atom. The van der Waals surface area contributed by atoms with E-state index in [9.17, 15) is 4.79 Å². The van der Waals surface area contributed by atoms with E-state index in [0.717, 1.165) is 10.6 Å². The Balaban J connectivity index is 1.78. The fourth-order valence-electron chi connectivity index (χ4n) is 2.07. The molecule has 0 radical (unpaired) electrons. The summed E-state index contributed by atoms with van der Waals surface area (Å²) in [4.78, 5) is 12.4. The van der Waals surface area contributed by atoms with Crippen molar-refractivity contribution in [3.63, 3.8) is 0 Å². The van der Waals surface area contributed by atoms with Crippen molar-refractivity contribution in [2.45, 2.75) is 6.92 Å². The maximum Gasteiger partial charge on any atom is 0.261 e. The molecule has 0 atom stereocenters. The van der Waals surface area contributed by atoms with E-state index in [1.165, 1.54) is 11.3 Å². The van der Waals surface area contributed by atoms with E-state index in [-0.39, 0.29) is 5.91 Å². The maximum absolute atomic E-state index is 12.4. The van der Waals surface area contributed by atoms with Gasteiger partial charge in [0.05, 0.1) is 12.2 Å². The molecule has 0 bridgehead atoms. The van der Waals surface area contributed by atoms with Crippen molar-refractivity contribution in [2.24, 2.45) is 0 Å². The number of nitrogens with zero attached hydrogens (tertiary/aromatic N) is 2. The Hall–Kier alpha value is -2.73. The van der Waals surface area contributed by atoms with Gasteiger partial charge in [0.25, 0.3) is 5.91 Å². The minimum absolute atomic E-state index is 0.259. The van der Waals surface area contributed by atoms with E-state index >= 15 is 0 Å². The number of hydrogen-bond acceptors (Lipinski definition) is 5. The topological polar surface area (TPSA) is 64.1 Å². The minimum Gasteiger partial charge on any atom is -0.493 e. The highest BCUT2D eigenvalue weighted by Gasteiger charge is 2.14. The average Bonchev–Trinajstić information content (AvgIpc) is 3.05. The zero-order valence-corrected chi connectivity index (χ0v) is 13.3. The van der Waals surface area contributed by atoms with Crippen LogP contribution in [0.1, 0.15) is 17.3 Å². The molecular weight excluding hydrogens is 310 g/mol. The number of anilines is 1. The first-order valence-corrected chi connectivity index (χ1v) is 8.01. The second-order valence-electron chi connectivity index (χ2n) is 4.66. The quantitative estimate of drug-likeness (QED) is 0.774. The van der Waals surface area contributed by atoms with E-state index in [2.05, 4.69) is 15.5 Å². The van der Waals surface area contributed by atoms with E-state index in [0.29, 0.717) is 23.1 Å². The summed E-state index contributed by atoms with van der Waals surface area (Å²) in [5, 5.41) is 12.1. The average molecular weight is 325 g/mol. The lowest BCUT2D eigenvalue weighted by molar-refractivity contribution is 0.102. The highest BCUT2D eigenvalue weighted by Crippen LogP contribution is 2.27. The van der Waals surface area contributed by atoms with Gasteiger partial charge in [-0.25, -0.2) is 0 Å². The number of aromatic nitrogens is 2. The fourth-order valence-corrected chi connectivity index (χ4v) is 2.82. The molecule has 0 fully saturated rings. The summed E-state index contributed by atoms with van der Waals surface area (Å²) in [5.74, 6) is 0.296. The summed E-state index contributed by atoms with van der Waals surface area (Å²) < 4.78 is 5.48. The van der Waals surface area contributed by atoms with Crippen LogP contribution in [0, 0.1) is 0 Å². The molecule has 0 spiro atoms. The summed E-state index contributed by atoms with van der Waals surface area (Å²) >= 11 is 1.33. The summed E-state index contributed by atoms with van der Waals surface area (Å²) in [6, 6.07) is 16.9. The first kappa shape index (κ1) is 15.2. The smallest absolute Gasteiger partial charge is 0.261 e. The van der Waals surface area contributed by atoms with Gasteiger partial charge < -0.3 is 4.74 Å². The Labute approximate surface area is 138 Å². The second kappa shape index (κ2) is 7.02. The van der Waals surface area contributed by atoms with Crippen LogP contribution in [0.15, 0.2) is 54.6 Å². The number of benzene rings is 2. The number of amides is 1. The fraction of sp³-hybridized carbons (Fsp3) is 0.118. The van der Waals surface area contributed by atoms with Crippen molar-refractivity contribution in [3.05, 3.63) is 60.2 Å². The molecule has 1 heterocycles. The number of nitrogens with one attached hydrogen (secondary N) is 1. The van der Waals surface area contributed by atoms with Crippen LogP contribution in [-0.4, -0.2) is 22.7 Å². The maximum atomic E-state index is 12.4. The summed E-state index contributed by atoms with van der Waals surface area (Å²) in [7, 11) is 0. The summed E-state index contributed by atoms with van der Waals surface area (Å²) in [5.41, 5.74) is 1.45. The van der Waals surface area contributed by atoms with Crippen molar-refractivity contribution < 1.29 is 9.53 Å². The Morgan fingerprint density at radius 3 is 2.61 bits per heavy atom. The van der Waals surface area contributed by atoms with Crippen molar-refractivity contribution >= 4 is 22.4 Å². The molecule has 6 heteroatoms. The monoisotopic (exact) mass is 325 g/mol. The number of hydrogen-bond donors (Lipinski definition) is 1. The van der Waals surface area contributed by atoms with Gasteiger partial charge in [-0.2, -0.15) is 0 Å². The van der Waals surface area contributed by atoms with E-state index in [1.54, 1.807) is 18.2 Å². The third-order valence-electron chi connectivity index (χ3n) is 3.10. The number of carbonyl (C=O) groups excluding carboxylic acids is 1. The molecule has 5 nitrogen and oxygen atoms in total. The molecule has 1 aromatic heterocycles. The van der Waals surface area contributed by atoms with Crippen LogP contribution in [0.4, 0.5) is 5.13 Å². The zero-order chi connectivity index (χ0) is 16.1. The predicted molar refractivity (Wildman–Crippen MR) is 90.9 cm³/mol. The molecule has 0 saturated carbocycles. The highest BCUT2D eigenvalue weighted by molar-refractivity contribution is 7.18. The van der Waals surface area contributed by atoms with Crippen LogP contribution < -0.4 is 10.1 Å². The molecule has 1 amide bonds. The van der Waals surface area contributed by atoms with Crippen molar-refractivity contribution in [1.82, 2.24) is 10.2 Å². The standard InChI is InChI=1S/C17H15N3O2S/c1-2-22-14-11-7-6-10-13(14)15(21)18-17-20-19-16(23-17)12-8-4-3-5-9-12/h3-11H,2H2,1H3,(H,18,20,21). The van der Waals surface area contributed by atoms with Crippen LogP contribution in [0.3, 0.4) is 0 Å². The van der Waals surface area contributed by atoms with E-state index in [1.807, 2.05) is 43.3 Å². The number of rotatable bonds is 5. The normalized spacial score (nSPS) is 10.3. The molecular formula is C17H15N3O2S. The van der Waals surface area contributed by atoms with Crippen molar-refractivity contribution in [3.8, 4) is 16.3 Å². The second-order valence-corrected chi connectivity index (χ2v) is 5.64. The number of ether oxygens (including phenoxy) is 1. The molecule has 0 aliphatic carbocycles. The van der Waals surface area contributed by atoms with Crippen LogP contribution in [-0.2, 0) is 0 Å². The van der Waals surface area contributed by atoms with E-state index < -0.39 is 0 Å². The largest absolute Gasteiger partial charge is 0.493 e. The first-order valence-electron chi connectivity index (χ1n) is 7.20. The lowest BCUT2D eigenvalue weighted by atomic mass is 10.2. The highest BCUT2D eigenvalue weighted by atomic mass is 32.1. The van der Waals surface area contributed by atoms with Crippen molar-refractivity contribution in [1.29, 1.82) is 0 Å². The lowest BCUT2D eigenvalue weighted by Crippen LogP contribution is -2.13. The number of para-hydroxylation sites is 1. The van der Waals surface area contributed by atoms with Gasteiger partial charge in [0.1, 0.15) is 10.8 Å². The van der Waals surface area contributed by atoms with Gasteiger partial charge in [-0.1, -0.05) is 53.8 Å². The van der Waals surface area contributed by atoms with Crippen molar-refractivity contribution in [2.75, 3.05) is 11.9 Å². The minimum atomic E-state index is -0.259. The lowest BCUT2D eigenvalue weighted by Gasteiger charge is -2.08. The molecule has 2 aromatic carbocycles. The van der Waals surface area contributed by atoms with Gasteiger partial charge in [0.2, 0.25) is 5.13 Å². The molecule has 3 aromatic rings. The van der Waals surface area contributed by atoms with Gasteiger partial charge in [0.15, 0.2) is 0 Å². The third-order valence-corrected chi connectivity index (χ3v) is 3.99. The molecule has 0 saturated heterocycles. The van der Waals surface area contributed by atoms with Gasteiger partial charge >= 0.3 is 0 Å². The van der Waals surface area contributed by atoms with E-state index in [4.69, 9.17) is 4.74 Å². The predicted octanol–water partition coefficient (Wildman–Crippen LogP) is 3.86. The van der Waals surface area contributed by atoms with Crippen LogP contribution in [0.2, 0.25) is 0 Å². The summed E-state index contributed by atoms with van der Waals surface area (Å²) in [6.45, 7) is 2.38. The number of carbonyl (C=O) groups is 1. The molecule has 116 valence electrons. The Morgan fingerprint density at radius 1 is 1.09 bits per heavy atom. The molecule has 1 N–H and O–H groups in total. The van der Waals surface area contributed by atoms with Gasteiger partial charge in [-0.05, 0) is 19.1 Å². The molecule has 23 heavy (non-hydrogen) atoms. The van der Waals surface area contributed by atoms with Gasteiger partial charge in [-0.3, -0.25) is 10.1 Å². The molecule has 0 unspecified atom stereocenters. The van der Waals surface area contributed by atoms with Gasteiger partial charge in [0, 0.05) is 5.56 Å². The van der Waals surface area contributed by atoms with Crippen LogP contribution in [0.5, 0.6) is 5.75 Å². The van der Waals surface area contributed by atoms with Crippen LogP contribution in [0.25, 0.3) is 10.6 Å². The molecule has 0 aliphatic rings. The van der Waals surface area contributed by atoms with Gasteiger partial charge in [-0.15, -0.1) is 10.2 Å².